The Morgan fingerprint density at radius 1 is 1.15 bits per heavy atom. The molecule has 146 valence electrons. The molecule has 1 amide bonds. The summed E-state index contributed by atoms with van der Waals surface area (Å²) in [5, 5.41) is 5.99. The summed E-state index contributed by atoms with van der Waals surface area (Å²) in [5.41, 5.74) is 9.12. The molecule has 0 aliphatic heterocycles. The second kappa shape index (κ2) is 10.7. The Bertz CT molecular complexity index is 584. The number of hydrogen-bond donors (Lipinski definition) is 3. The van der Waals surface area contributed by atoms with Crippen LogP contribution in [0, 0.1) is 0 Å². The number of anilines is 1. The van der Waals surface area contributed by atoms with Crippen molar-refractivity contribution in [3.05, 3.63) is 29.3 Å². The molecule has 0 spiro atoms. The summed E-state index contributed by atoms with van der Waals surface area (Å²) >= 11 is 0. The number of para-hydroxylation sites is 1. The first-order chi connectivity index (χ1) is 12.3. The maximum Gasteiger partial charge on any atom is 0.407 e. The molecule has 0 aliphatic rings. The highest BCUT2D eigenvalue weighted by molar-refractivity contribution is 5.93. The first kappa shape index (κ1) is 21.8. The van der Waals surface area contributed by atoms with Crippen LogP contribution in [0.25, 0.3) is 0 Å². The summed E-state index contributed by atoms with van der Waals surface area (Å²) in [6.07, 6.45) is 3.17. The quantitative estimate of drug-likeness (QED) is 0.372. The van der Waals surface area contributed by atoms with Crippen molar-refractivity contribution >= 4 is 17.7 Å². The van der Waals surface area contributed by atoms with Crippen LogP contribution in [0.3, 0.4) is 0 Å². The van der Waals surface area contributed by atoms with Crippen LogP contribution in [0.1, 0.15) is 58.6 Å². The highest BCUT2D eigenvalue weighted by atomic mass is 16.6. The minimum atomic E-state index is -0.472. The third-order valence-electron chi connectivity index (χ3n) is 3.79. The van der Waals surface area contributed by atoms with E-state index in [9.17, 15) is 4.79 Å². The number of aryl methyl sites for hydroxylation is 2. The Morgan fingerprint density at radius 2 is 1.77 bits per heavy atom. The second-order valence-corrected chi connectivity index (χ2v) is 7.19. The Balaban J connectivity index is 2.38. The molecular weight excluding hydrogens is 328 g/mol. The van der Waals surface area contributed by atoms with Gasteiger partial charge in [0, 0.05) is 18.8 Å². The van der Waals surface area contributed by atoms with Gasteiger partial charge in [-0.3, -0.25) is 4.99 Å². The molecule has 0 bridgehead atoms. The average molecular weight is 363 g/mol. The molecule has 0 atom stereocenters. The molecule has 0 aliphatic carbocycles. The van der Waals surface area contributed by atoms with Gasteiger partial charge in [0.05, 0.1) is 0 Å². The highest BCUT2D eigenvalue weighted by Crippen LogP contribution is 2.22. The Hall–Kier alpha value is -2.24. The number of nitrogens with two attached hydrogens (primary N) is 1. The smallest absolute Gasteiger partial charge is 0.407 e. The average Bonchev–Trinajstić information content (AvgIpc) is 2.56. The molecule has 1 aromatic carbocycles. The van der Waals surface area contributed by atoms with Crippen LogP contribution in [0.4, 0.5) is 10.5 Å². The number of amides is 1. The standard InChI is InChI=1S/C20H34N4O2/c1-6-15-11-10-12-16(7-2)17(15)24-18(21)22-13-8-9-14-23-19(25)26-20(3,4)5/h10-12H,6-9,13-14H2,1-5H3,(H,23,25)(H3,21,22,24). The van der Waals surface area contributed by atoms with Crippen molar-refractivity contribution < 1.29 is 9.53 Å². The molecule has 0 saturated heterocycles. The molecule has 0 unspecified atom stereocenters. The van der Waals surface area contributed by atoms with Gasteiger partial charge in [-0.25, -0.2) is 4.79 Å². The van der Waals surface area contributed by atoms with E-state index in [0.29, 0.717) is 19.0 Å². The third-order valence-corrected chi connectivity index (χ3v) is 3.79. The number of ether oxygens (including phenoxy) is 1. The zero-order valence-corrected chi connectivity index (χ0v) is 16.8. The Morgan fingerprint density at radius 3 is 2.31 bits per heavy atom. The van der Waals surface area contributed by atoms with Crippen molar-refractivity contribution in [2.45, 2.75) is 65.9 Å². The zero-order valence-electron chi connectivity index (χ0n) is 16.8. The fourth-order valence-corrected chi connectivity index (χ4v) is 2.51. The van der Waals surface area contributed by atoms with Gasteiger partial charge in [-0.15, -0.1) is 0 Å². The molecule has 0 aromatic heterocycles. The molecule has 6 nitrogen and oxygen atoms in total. The predicted molar refractivity (Wildman–Crippen MR) is 109 cm³/mol. The van der Waals surface area contributed by atoms with Crippen LogP contribution in [-0.4, -0.2) is 30.7 Å². The SMILES string of the molecule is CCc1cccc(CC)c1NC(N)=NCCCCNC(=O)OC(C)(C)C. The number of alkyl carbamates (subject to hydrolysis) is 1. The van der Waals surface area contributed by atoms with Gasteiger partial charge in [-0.1, -0.05) is 32.0 Å². The number of carbonyl (C=O) groups is 1. The zero-order chi connectivity index (χ0) is 19.6. The highest BCUT2D eigenvalue weighted by Gasteiger charge is 2.15. The summed E-state index contributed by atoms with van der Waals surface area (Å²) in [6.45, 7) is 11.0. The molecule has 0 saturated carbocycles. The van der Waals surface area contributed by atoms with Crippen molar-refractivity contribution in [2.75, 3.05) is 18.4 Å². The van der Waals surface area contributed by atoms with Gasteiger partial charge in [-0.05, 0) is 57.6 Å². The maximum absolute atomic E-state index is 11.5. The lowest BCUT2D eigenvalue weighted by Gasteiger charge is -2.19. The van der Waals surface area contributed by atoms with E-state index in [-0.39, 0.29) is 6.09 Å². The lowest BCUT2D eigenvalue weighted by Crippen LogP contribution is -2.33. The van der Waals surface area contributed by atoms with Crippen LogP contribution in [-0.2, 0) is 17.6 Å². The second-order valence-electron chi connectivity index (χ2n) is 7.19. The lowest BCUT2D eigenvalue weighted by atomic mass is 10.0. The van der Waals surface area contributed by atoms with Crippen LogP contribution in [0.2, 0.25) is 0 Å². The van der Waals surface area contributed by atoms with Gasteiger partial charge in [0.25, 0.3) is 0 Å². The van der Waals surface area contributed by atoms with Crippen LogP contribution in [0.5, 0.6) is 0 Å². The largest absolute Gasteiger partial charge is 0.444 e. The summed E-state index contributed by atoms with van der Waals surface area (Å²) in [6, 6.07) is 6.29. The summed E-state index contributed by atoms with van der Waals surface area (Å²) in [5.74, 6) is 0.431. The Labute approximate surface area is 157 Å². The number of hydrogen-bond acceptors (Lipinski definition) is 3. The molecule has 26 heavy (non-hydrogen) atoms. The fraction of sp³-hybridized carbons (Fsp3) is 0.600. The van der Waals surface area contributed by atoms with Crippen molar-refractivity contribution in [3.63, 3.8) is 0 Å². The Kier molecular flexibility index (Phi) is 8.96. The van der Waals surface area contributed by atoms with E-state index >= 15 is 0 Å². The number of rotatable bonds is 8. The van der Waals surface area contributed by atoms with Gasteiger partial charge in [0.2, 0.25) is 0 Å². The van der Waals surface area contributed by atoms with Gasteiger partial charge in [0.15, 0.2) is 5.96 Å². The fourth-order valence-electron chi connectivity index (χ4n) is 2.51. The first-order valence-corrected chi connectivity index (χ1v) is 9.41. The molecular formula is C20H34N4O2. The first-order valence-electron chi connectivity index (χ1n) is 9.41. The summed E-state index contributed by atoms with van der Waals surface area (Å²) in [4.78, 5) is 15.9. The minimum Gasteiger partial charge on any atom is -0.444 e. The van der Waals surface area contributed by atoms with Crippen molar-refractivity contribution in [2.24, 2.45) is 10.7 Å². The van der Waals surface area contributed by atoms with Crippen LogP contribution in [0.15, 0.2) is 23.2 Å². The molecule has 0 fully saturated rings. The molecule has 1 aromatic rings. The van der Waals surface area contributed by atoms with E-state index in [1.807, 2.05) is 20.8 Å². The van der Waals surface area contributed by atoms with E-state index in [4.69, 9.17) is 10.5 Å². The van der Waals surface area contributed by atoms with Crippen LogP contribution < -0.4 is 16.4 Å². The number of benzene rings is 1. The van der Waals surface area contributed by atoms with Crippen molar-refractivity contribution in [3.8, 4) is 0 Å². The predicted octanol–water partition coefficient (Wildman–Crippen LogP) is 3.84. The number of nitrogens with zero attached hydrogens (tertiary/aromatic N) is 1. The molecule has 0 heterocycles. The van der Waals surface area contributed by atoms with Gasteiger partial charge >= 0.3 is 6.09 Å². The van der Waals surface area contributed by atoms with E-state index in [1.165, 1.54) is 11.1 Å². The monoisotopic (exact) mass is 362 g/mol. The number of nitrogens with one attached hydrogen (secondary N) is 2. The van der Waals surface area contributed by atoms with Gasteiger partial charge in [-0.2, -0.15) is 0 Å². The van der Waals surface area contributed by atoms with Gasteiger partial charge < -0.3 is 21.1 Å². The number of guanidine groups is 1. The molecule has 6 heteroatoms. The topological polar surface area (TPSA) is 88.7 Å². The van der Waals surface area contributed by atoms with Crippen molar-refractivity contribution in [1.29, 1.82) is 0 Å². The van der Waals surface area contributed by atoms with E-state index < -0.39 is 5.60 Å². The molecule has 1 rings (SSSR count). The molecule has 0 radical (unpaired) electrons. The maximum atomic E-state index is 11.5. The van der Waals surface area contributed by atoms with Crippen molar-refractivity contribution in [1.82, 2.24) is 5.32 Å². The summed E-state index contributed by atoms with van der Waals surface area (Å²) in [7, 11) is 0. The third kappa shape index (κ3) is 8.23. The van der Waals surface area contributed by atoms with Gasteiger partial charge in [0.1, 0.15) is 5.60 Å². The van der Waals surface area contributed by atoms with E-state index in [0.717, 1.165) is 31.4 Å². The van der Waals surface area contributed by atoms with E-state index in [1.54, 1.807) is 0 Å². The minimum absolute atomic E-state index is 0.384. The molecule has 4 N–H and O–H groups in total. The lowest BCUT2D eigenvalue weighted by molar-refractivity contribution is 0.0527. The summed E-state index contributed by atoms with van der Waals surface area (Å²) < 4.78 is 5.18. The number of unbranched alkanes of at least 4 members (excludes halogenated alkanes) is 1. The number of aliphatic imine (C=N–C) groups is 1. The van der Waals surface area contributed by atoms with E-state index in [2.05, 4.69) is 47.7 Å². The number of carbonyl (C=O) groups excluding carboxylic acids is 1. The van der Waals surface area contributed by atoms with Crippen LogP contribution >= 0.6 is 0 Å². The normalized spacial score (nSPS) is 12.0.